The van der Waals surface area contributed by atoms with Crippen molar-refractivity contribution in [3.8, 4) is 0 Å². The number of pyridine rings is 1. The fourth-order valence-electron chi connectivity index (χ4n) is 2.80. The van der Waals surface area contributed by atoms with Crippen LogP contribution in [0.5, 0.6) is 0 Å². The van der Waals surface area contributed by atoms with Gasteiger partial charge in [0.1, 0.15) is 11.6 Å². The lowest BCUT2D eigenvalue weighted by molar-refractivity contribution is 0.326. The van der Waals surface area contributed by atoms with Gasteiger partial charge in [-0.3, -0.25) is 4.90 Å². The molecule has 0 amide bonds. The highest BCUT2D eigenvalue weighted by Crippen LogP contribution is 2.33. The van der Waals surface area contributed by atoms with E-state index in [4.69, 9.17) is 23.2 Å². The van der Waals surface area contributed by atoms with Crippen LogP contribution in [0.25, 0.3) is 0 Å². The van der Waals surface area contributed by atoms with Gasteiger partial charge in [0.25, 0.3) is 0 Å². The van der Waals surface area contributed by atoms with Gasteiger partial charge in [0.05, 0.1) is 10.0 Å². The van der Waals surface area contributed by atoms with Gasteiger partial charge >= 0.3 is 0 Å². The fraction of sp³-hybridized carbons (Fsp3) is 0.667. The van der Waals surface area contributed by atoms with E-state index in [1.165, 1.54) is 19.4 Å². The Morgan fingerprint density at radius 1 is 1.24 bits per heavy atom. The van der Waals surface area contributed by atoms with Crippen molar-refractivity contribution in [2.45, 2.75) is 44.7 Å². The van der Waals surface area contributed by atoms with Gasteiger partial charge < -0.3 is 10.6 Å². The molecule has 0 spiro atoms. The quantitative estimate of drug-likeness (QED) is 0.831. The molecule has 2 fully saturated rings. The molecule has 1 aromatic heterocycles. The Balaban J connectivity index is 1.66. The van der Waals surface area contributed by atoms with E-state index in [0.717, 1.165) is 37.8 Å². The van der Waals surface area contributed by atoms with Crippen LogP contribution in [0.4, 0.5) is 11.6 Å². The van der Waals surface area contributed by atoms with Gasteiger partial charge in [-0.05, 0) is 31.7 Å². The number of aromatic nitrogens is 1. The average molecular weight is 329 g/mol. The molecule has 3 rings (SSSR count). The highest BCUT2D eigenvalue weighted by atomic mass is 35.5. The standard InChI is InChI=1S/C15H22Cl2N4/c1-2-6-18-14-12(16)8-13(17)15(20-14)19-10-5-7-21(9-10)11-3-4-11/h8,10-11H,2-7,9H2,1H3,(H2,18,19,20). The van der Waals surface area contributed by atoms with Crippen molar-refractivity contribution in [2.75, 3.05) is 30.3 Å². The average Bonchev–Trinajstić information content (AvgIpc) is 3.21. The van der Waals surface area contributed by atoms with E-state index < -0.39 is 0 Å². The van der Waals surface area contributed by atoms with E-state index in [0.29, 0.717) is 21.9 Å². The molecule has 1 aromatic rings. The number of hydrogen-bond donors (Lipinski definition) is 2. The van der Waals surface area contributed by atoms with Crippen molar-refractivity contribution in [3.05, 3.63) is 16.1 Å². The topological polar surface area (TPSA) is 40.2 Å². The van der Waals surface area contributed by atoms with Crippen LogP contribution in [0.3, 0.4) is 0 Å². The molecule has 0 radical (unpaired) electrons. The monoisotopic (exact) mass is 328 g/mol. The summed E-state index contributed by atoms with van der Waals surface area (Å²) in [4.78, 5) is 7.12. The molecule has 116 valence electrons. The van der Waals surface area contributed by atoms with Crippen LogP contribution in [0.1, 0.15) is 32.6 Å². The molecule has 2 heterocycles. The minimum Gasteiger partial charge on any atom is -0.369 e. The van der Waals surface area contributed by atoms with E-state index in [9.17, 15) is 0 Å². The molecule has 1 aliphatic heterocycles. The summed E-state index contributed by atoms with van der Waals surface area (Å²) in [5.74, 6) is 1.45. The molecule has 0 bridgehead atoms. The molecular formula is C15H22Cl2N4. The molecule has 1 atom stereocenters. The van der Waals surface area contributed by atoms with Crippen molar-refractivity contribution in [1.82, 2.24) is 9.88 Å². The fourth-order valence-corrected chi connectivity index (χ4v) is 3.28. The summed E-state index contributed by atoms with van der Waals surface area (Å²) in [5, 5.41) is 7.89. The summed E-state index contributed by atoms with van der Waals surface area (Å²) in [7, 11) is 0. The van der Waals surface area contributed by atoms with Gasteiger partial charge in [-0.2, -0.15) is 0 Å². The predicted molar refractivity (Wildman–Crippen MR) is 89.7 cm³/mol. The first-order valence-corrected chi connectivity index (χ1v) is 8.53. The zero-order chi connectivity index (χ0) is 14.8. The van der Waals surface area contributed by atoms with Gasteiger partial charge in [-0.15, -0.1) is 0 Å². The molecule has 6 heteroatoms. The summed E-state index contributed by atoms with van der Waals surface area (Å²) >= 11 is 12.5. The van der Waals surface area contributed by atoms with E-state index in [1.54, 1.807) is 6.07 Å². The lowest BCUT2D eigenvalue weighted by atomic mass is 10.2. The van der Waals surface area contributed by atoms with Crippen molar-refractivity contribution in [1.29, 1.82) is 0 Å². The van der Waals surface area contributed by atoms with Gasteiger partial charge in [-0.25, -0.2) is 4.98 Å². The second-order valence-corrected chi connectivity index (χ2v) is 6.75. The Hall–Kier alpha value is -0.710. The molecule has 4 nitrogen and oxygen atoms in total. The summed E-state index contributed by atoms with van der Waals surface area (Å²) in [5.41, 5.74) is 0. The molecular weight excluding hydrogens is 307 g/mol. The minimum atomic E-state index is 0.427. The Kier molecular flexibility index (Phi) is 4.77. The first kappa shape index (κ1) is 15.2. The van der Waals surface area contributed by atoms with Crippen molar-refractivity contribution in [2.24, 2.45) is 0 Å². The molecule has 1 saturated carbocycles. The van der Waals surface area contributed by atoms with Crippen molar-refractivity contribution < 1.29 is 0 Å². The molecule has 21 heavy (non-hydrogen) atoms. The highest BCUT2D eigenvalue weighted by molar-refractivity contribution is 6.37. The van der Waals surface area contributed by atoms with E-state index in [-0.39, 0.29) is 0 Å². The highest BCUT2D eigenvalue weighted by Gasteiger charge is 2.34. The normalized spacial score (nSPS) is 22.5. The third-order valence-electron chi connectivity index (χ3n) is 4.10. The largest absolute Gasteiger partial charge is 0.369 e. The van der Waals surface area contributed by atoms with E-state index >= 15 is 0 Å². The third-order valence-corrected chi connectivity index (χ3v) is 4.67. The molecule has 1 saturated heterocycles. The summed E-state index contributed by atoms with van der Waals surface area (Å²) in [6.45, 7) is 5.23. The number of hydrogen-bond acceptors (Lipinski definition) is 4. The minimum absolute atomic E-state index is 0.427. The van der Waals surface area contributed by atoms with E-state index in [1.807, 2.05) is 0 Å². The number of likely N-dealkylation sites (tertiary alicyclic amines) is 1. The predicted octanol–water partition coefficient (Wildman–Crippen LogP) is 3.86. The van der Waals surface area contributed by atoms with Crippen LogP contribution in [0, 0.1) is 0 Å². The lowest BCUT2D eigenvalue weighted by Gasteiger charge is -2.18. The number of nitrogens with one attached hydrogen (secondary N) is 2. The molecule has 2 N–H and O–H groups in total. The Labute approximate surface area is 136 Å². The molecule has 1 aliphatic carbocycles. The summed E-state index contributed by atoms with van der Waals surface area (Å²) in [6.07, 6.45) is 4.90. The van der Waals surface area contributed by atoms with Gasteiger partial charge in [0, 0.05) is 31.7 Å². The maximum atomic E-state index is 6.27. The molecule has 0 aromatic carbocycles. The molecule has 2 aliphatic rings. The number of anilines is 2. The zero-order valence-electron chi connectivity index (χ0n) is 12.3. The number of nitrogens with zero attached hydrogens (tertiary/aromatic N) is 2. The first-order valence-electron chi connectivity index (χ1n) is 7.78. The Morgan fingerprint density at radius 3 is 2.71 bits per heavy atom. The summed E-state index contributed by atoms with van der Waals surface area (Å²) in [6, 6.07) is 3.02. The zero-order valence-corrected chi connectivity index (χ0v) is 13.8. The SMILES string of the molecule is CCCNc1nc(NC2CCN(C3CC3)C2)c(Cl)cc1Cl. The van der Waals surface area contributed by atoms with Crippen LogP contribution in [0.15, 0.2) is 6.07 Å². The summed E-state index contributed by atoms with van der Waals surface area (Å²) < 4.78 is 0. The van der Waals surface area contributed by atoms with Crippen molar-refractivity contribution in [3.63, 3.8) is 0 Å². The Bertz CT molecular complexity index is 505. The van der Waals surface area contributed by atoms with E-state index in [2.05, 4.69) is 27.4 Å². The maximum absolute atomic E-state index is 6.27. The number of rotatable bonds is 6. The molecule has 1 unspecified atom stereocenters. The second kappa shape index (κ2) is 6.59. The van der Waals surface area contributed by atoms with Crippen LogP contribution in [-0.2, 0) is 0 Å². The lowest BCUT2D eigenvalue weighted by Crippen LogP contribution is -2.28. The first-order chi connectivity index (χ1) is 10.2. The maximum Gasteiger partial charge on any atom is 0.147 e. The number of halogens is 2. The second-order valence-electron chi connectivity index (χ2n) is 5.93. The van der Waals surface area contributed by atoms with Crippen LogP contribution in [0.2, 0.25) is 10.0 Å². The van der Waals surface area contributed by atoms with Gasteiger partial charge in [-0.1, -0.05) is 30.1 Å². The van der Waals surface area contributed by atoms with Gasteiger partial charge in [0.2, 0.25) is 0 Å². The van der Waals surface area contributed by atoms with Crippen LogP contribution in [-0.4, -0.2) is 41.6 Å². The van der Waals surface area contributed by atoms with Crippen molar-refractivity contribution >= 4 is 34.8 Å². The van der Waals surface area contributed by atoms with Crippen LogP contribution < -0.4 is 10.6 Å². The third kappa shape index (κ3) is 3.74. The van der Waals surface area contributed by atoms with Gasteiger partial charge in [0.15, 0.2) is 0 Å². The smallest absolute Gasteiger partial charge is 0.147 e. The Morgan fingerprint density at radius 2 is 2.00 bits per heavy atom. The van der Waals surface area contributed by atoms with Crippen LogP contribution >= 0.6 is 23.2 Å².